The first-order chi connectivity index (χ1) is 8.74. The minimum absolute atomic E-state index is 0.298. The van der Waals surface area contributed by atoms with Crippen LogP contribution in [0.2, 0.25) is 0 Å². The number of hydrogen-bond donors (Lipinski definition) is 1. The van der Waals surface area contributed by atoms with Crippen LogP contribution in [-0.2, 0) is 9.47 Å². The lowest BCUT2D eigenvalue weighted by molar-refractivity contribution is 0.0597. The van der Waals surface area contributed by atoms with Crippen LogP contribution in [0.1, 0.15) is 34.8 Å². The van der Waals surface area contributed by atoms with Gasteiger partial charge >= 0.3 is 5.97 Å². The Hall–Kier alpha value is -1.39. The minimum atomic E-state index is -0.298. The predicted molar refractivity (Wildman–Crippen MR) is 68.6 cm³/mol. The highest BCUT2D eigenvalue weighted by atomic mass is 16.5. The van der Waals surface area contributed by atoms with Crippen LogP contribution >= 0.6 is 0 Å². The normalized spacial score (nSPS) is 23.7. The average molecular weight is 249 g/mol. The lowest BCUT2D eigenvalue weighted by atomic mass is 9.95. The molecule has 1 heterocycles. The standard InChI is InChI=1S/C14H19NO3/c1-17-12-7-8-15-13(9-12)10-3-5-11(6-4-10)14(16)18-2/h3-6,12-13,15H,7-9H2,1-2H3/t12-,13-/m1/s1. The fourth-order valence-corrected chi connectivity index (χ4v) is 2.32. The number of nitrogens with one attached hydrogen (secondary N) is 1. The molecule has 4 heteroatoms. The molecular weight excluding hydrogens is 230 g/mol. The van der Waals surface area contributed by atoms with Gasteiger partial charge in [0, 0.05) is 13.2 Å². The number of benzene rings is 1. The Balaban J connectivity index is 2.07. The largest absolute Gasteiger partial charge is 0.465 e. The molecule has 2 rings (SSSR count). The summed E-state index contributed by atoms with van der Waals surface area (Å²) in [5.74, 6) is -0.298. The summed E-state index contributed by atoms with van der Waals surface area (Å²) in [5.41, 5.74) is 1.77. The summed E-state index contributed by atoms with van der Waals surface area (Å²) >= 11 is 0. The molecule has 1 aromatic rings. The minimum Gasteiger partial charge on any atom is -0.465 e. The molecule has 1 aromatic carbocycles. The SMILES string of the molecule is COC(=O)c1ccc([C@H]2C[C@H](OC)CCN2)cc1. The Morgan fingerprint density at radius 2 is 2.00 bits per heavy atom. The second-order valence-electron chi connectivity index (χ2n) is 4.50. The molecule has 1 fully saturated rings. The molecule has 0 unspecified atom stereocenters. The number of rotatable bonds is 3. The highest BCUT2D eigenvalue weighted by Crippen LogP contribution is 2.24. The van der Waals surface area contributed by atoms with E-state index in [1.807, 2.05) is 12.1 Å². The number of esters is 1. The highest BCUT2D eigenvalue weighted by Gasteiger charge is 2.22. The summed E-state index contributed by atoms with van der Waals surface area (Å²) in [6.45, 7) is 0.960. The van der Waals surface area contributed by atoms with Crippen LogP contribution in [0.15, 0.2) is 24.3 Å². The smallest absolute Gasteiger partial charge is 0.337 e. The van der Waals surface area contributed by atoms with Gasteiger partial charge in [0.15, 0.2) is 0 Å². The second-order valence-corrected chi connectivity index (χ2v) is 4.50. The van der Waals surface area contributed by atoms with E-state index in [-0.39, 0.29) is 5.97 Å². The van der Waals surface area contributed by atoms with Crippen molar-refractivity contribution in [1.29, 1.82) is 0 Å². The molecule has 0 spiro atoms. The van der Waals surface area contributed by atoms with Crippen molar-refractivity contribution in [2.24, 2.45) is 0 Å². The first kappa shape index (κ1) is 13.1. The molecule has 18 heavy (non-hydrogen) atoms. The van der Waals surface area contributed by atoms with E-state index >= 15 is 0 Å². The predicted octanol–water partition coefficient (Wildman–Crippen LogP) is 1.91. The van der Waals surface area contributed by atoms with E-state index in [2.05, 4.69) is 10.1 Å². The Morgan fingerprint density at radius 1 is 1.28 bits per heavy atom. The third kappa shape index (κ3) is 2.89. The van der Waals surface area contributed by atoms with Crippen molar-refractivity contribution in [2.75, 3.05) is 20.8 Å². The first-order valence-electron chi connectivity index (χ1n) is 6.19. The van der Waals surface area contributed by atoms with Crippen molar-refractivity contribution in [3.63, 3.8) is 0 Å². The van der Waals surface area contributed by atoms with Gasteiger partial charge in [0.25, 0.3) is 0 Å². The fourth-order valence-electron chi connectivity index (χ4n) is 2.32. The van der Waals surface area contributed by atoms with E-state index in [1.54, 1.807) is 19.2 Å². The molecule has 0 amide bonds. The maximum Gasteiger partial charge on any atom is 0.337 e. The van der Waals surface area contributed by atoms with E-state index in [1.165, 1.54) is 12.7 Å². The molecule has 0 bridgehead atoms. The van der Waals surface area contributed by atoms with Crippen LogP contribution in [0.5, 0.6) is 0 Å². The van der Waals surface area contributed by atoms with Gasteiger partial charge in [-0.25, -0.2) is 4.79 Å². The molecule has 98 valence electrons. The quantitative estimate of drug-likeness (QED) is 0.831. The first-order valence-corrected chi connectivity index (χ1v) is 6.19. The van der Waals surface area contributed by atoms with Crippen LogP contribution < -0.4 is 5.32 Å². The Labute approximate surface area is 107 Å². The molecule has 0 aromatic heterocycles. The van der Waals surface area contributed by atoms with Crippen LogP contribution in [0.25, 0.3) is 0 Å². The number of methoxy groups -OCH3 is 2. The molecule has 1 aliphatic rings. The lowest BCUT2D eigenvalue weighted by Gasteiger charge is -2.29. The molecule has 4 nitrogen and oxygen atoms in total. The van der Waals surface area contributed by atoms with Gasteiger partial charge in [-0.2, -0.15) is 0 Å². The number of hydrogen-bond acceptors (Lipinski definition) is 4. The average Bonchev–Trinajstić information content (AvgIpc) is 2.46. The van der Waals surface area contributed by atoms with E-state index < -0.39 is 0 Å². The molecule has 1 N–H and O–H groups in total. The molecule has 1 saturated heterocycles. The molecule has 0 saturated carbocycles. The second kappa shape index (κ2) is 5.98. The van der Waals surface area contributed by atoms with E-state index in [4.69, 9.17) is 4.74 Å². The molecule has 1 aliphatic heterocycles. The lowest BCUT2D eigenvalue weighted by Crippen LogP contribution is -2.35. The van der Waals surface area contributed by atoms with E-state index in [0.29, 0.717) is 17.7 Å². The van der Waals surface area contributed by atoms with Crippen molar-refractivity contribution in [1.82, 2.24) is 5.32 Å². The van der Waals surface area contributed by atoms with Crippen LogP contribution in [0, 0.1) is 0 Å². The van der Waals surface area contributed by atoms with Crippen LogP contribution in [0.4, 0.5) is 0 Å². The Morgan fingerprint density at radius 3 is 2.61 bits per heavy atom. The van der Waals surface area contributed by atoms with Crippen molar-refractivity contribution in [2.45, 2.75) is 25.0 Å². The third-order valence-corrected chi connectivity index (χ3v) is 3.42. The number of carbonyl (C=O) groups is 1. The topological polar surface area (TPSA) is 47.6 Å². The summed E-state index contributed by atoms with van der Waals surface area (Å²) < 4.78 is 10.1. The molecule has 0 radical (unpaired) electrons. The van der Waals surface area contributed by atoms with Crippen molar-refractivity contribution in [3.05, 3.63) is 35.4 Å². The fraction of sp³-hybridized carbons (Fsp3) is 0.500. The van der Waals surface area contributed by atoms with Crippen molar-refractivity contribution in [3.8, 4) is 0 Å². The van der Waals surface area contributed by atoms with Gasteiger partial charge in [-0.05, 0) is 37.1 Å². The van der Waals surface area contributed by atoms with Gasteiger partial charge in [0.1, 0.15) is 0 Å². The molecular formula is C14H19NO3. The van der Waals surface area contributed by atoms with Gasteiger partial charge in [-0.3, -0.25) is 0 Å². The Kier molecular flexibility index (Phi) is 4.33. The van der Waals surface area contributed by atoms with Crippen LogP contribution in [-0.4, -0.2) is 32.8 Å². The van der Waals surface area contributed by atoms with Gasteiger partial charge in [-0.15, -0.1) is 0 Å². The summed E-state index contributed by atoms with van der Waals surface area (Å²) in [5, 5.41) is 3.47. The summed E-state index contributed by atoms with van der Waals surface area (Å²) in [6.07, 6.45) is 2.33. The van der Waals surface area contributed by atoms with Gasteiger partial charge in [-0.1, -0.05) is 12.1 Å². The summed E-state index contributed by atoms with van der Waals surface area (Å²) in [6, 6.07) is 7.86. The van der Waals surface area contributed by atoms with Gasteiger partial charge in [0.05, 0.1) is 18.8 Å². The van der Waals surface area contributed by atoms with E-state index in [0.717, 1.165) is 19.4 Å². The summed E-state index contributed by atoms with van der Waals surface area (Å²) in [7, 11) is 3.15. The maximum absolute atomic E-state index is 11.3. The third-order valence-electron chi connectivity index (χ3n) is 3.42. The van der Waals surface area contributed by atoms with Crippen molar-refractivity contribution < 1.29 is 14.3 Å². The van der Waals surface area contributed by atoms with Crippen molar-refractivity contribution >= 4 is 5.97 Å². The zero-order valence-electron chi connectivity index (χ0n) is 10.8. The maximum atomic E-state index is 11.3. The highest BCUT2D eigenvalue weighted by molar-refractivity contribution is 5.89. The van der Waals surface area contributed by atoms with E-state index in [9.17, 15) is 4.79 Å². The number of piperidine rings is 1. The van der Waals surface area contributed by atoms with Crippen LogP contribution in [0.3, 0.4) is 0 Å². The van der Waals surface area contributed by atoms with Gasteiger partial charge < -0.3 is 14.8 Å². The Bertz CT molecular complexity index is 402. The molecule has 0 aliphatic carbocycles. The molecule has 2 atom stereocenters. The zero-order valence-corrected chi connectivity index (χ0v) is 10.8. The zero-order chi connectivity index (χ0) is 13.0. The summed E-state index contributed by atoms with van der Waals surface area (Å²) in [4.78, 5) is 11.3. The number of carbonyl (C=O) groups excluding carboxylic acids is 1. The van der Waals surface area contributed by atoms with Gasteiger partial charge in [0.2, 0.25) is 0 Å². The monoisotopic (exact) mass is 249 g/mol. The number of ether oxygens (including phenoxy) is 2.